The van der Waals surface area contributed by atoms with Gasteiger partial charge in [-0.05, 0) is 18.6 Å². The van der Waals surface area contributed by atoms with Gasteiger partial charge in [-0.1, -0.05) is 52.1 Å². The van der Waals surface area contributed by atoms with E-state index in [4.69, 9.17) is 22.3 Å². The molecule has 2 heterocycles. The van der Waals surface area contributed by atoms with Gasteiger partial charge in [0.2, 0.25) is 0 Å². The highest BCUT2D eigenvalue weighted by molar-refractivity contribution is 6.30. The number of fused-ring (bicyclic) bond motifs is 1. The minimum Gasteiger partial charge on any atom is -0.323 e. The topological polar surface area (TPSA) is 43.3 Å². The van der Waals surface area contributed by atoms with Gasteiger partial charge in [0.25, 0.3) is 0 Å². The van der Waals surface area contributed by atoms with Crippen LogP contribution >= 0.6 is 11.6 Å². The minimum absolute atomic E-state index is 0.00218. The molecule has 2 aromatic rings. The van der Waals surface area contributed by atoms with Crippen molar-refractivity contribution in [1.29, 1.82) is 0 Å². The van der Waals surface area contributed by atoms with Gasteiger partial charge in [-0.2, -0.15) is 0 Å². The largest absolute Gasteiger partial charge is 0.323 e. The van der Waals surface area contributed by atoms with Crippen LogP contribution in [0.15, 0.2) is 18.3 Å². The lowest BCUT2D eigenvalue weighted by atomic mass is 9.88. The van der Waals surface area contributed by atoms with E-state index in [1.807, 2.05) is 18.3 Å². The van der Waals surface area contributed by atoms with E-state index in [9.17, 15) is 0 Å². The Morgan fingerprint density at radius 1 is 1.35 bits per heavy atom. The summed E-state index contributed by atoms with van der Waals surface area (Å²) in [4.78, 5) is 4.78. The van der Waals surface area contributed by atoms with Crippen LogP contribution < -0.4 is 5.73 Å². The summed E-state index contributed by atoms with van der Waals surface area (Å²) in [5.74, 6) is 0. The molecule has 20 heavy (non-hydrogen) atoms. The second kappa shape index (κ2) is 5.74. The average Bonchev–Trinajstić information content (AvgIpc) is 2.74. The first-order valence-electron chi connectivity index (χ1n) is 7.28. The molecule has 0 aromatic carbocycles. The van der Waals surface area contributed by atoms with E-state index in [2.05, 4.69) is 32.1 Å². The molecule has 0 radical (unpaired) electrons. The molecule has 2 rings (SSSR count). The molecule has 110 valence electrons. The zero-order chi connectivity index (χ0) is 14.9. The number of aromatic nitrogens is 2. The number of rotatable bonds is 4. The van der Waals surface area contributed by atoms with Crippen molar-refractivity contribution in [2.24, 2.45) is 5.73 Å². The SMILES string of the molecule is CCCCC(N)c1c(C(C)(C)C)nc2ccc(Cl)cn12. The lowest BCUT2D eigenvalue weighted by Gasteiger charge is -2.21. The van der Waals surface area contributed by atoms with Gasteiger partial charge in [0.1, 0.15) is 5.65 Å². The number of halogens is 1. The molecule has 0 spiro atoms. The van der Waals surface area contributed by atoms with E-state index in [0.29, 0.717) is 5.02 Å². The zero-order valence-electron chi connectivity index (χ0n) is 12.8. The van der Waals surface area contributed by atoms with E-state index in [0.717, 1.165) is 36.3 Å². The number of pyridine rings is 1. The van der Waals surface area contributed by atoms with Crippen molar-refractivity contribution in [3.8, 4) is 0 Å². The second-order valence-corrected chi connectivity index (χ2v) is 6.86. The Bertz CT molecular complexity index is 596. The smallest absolute Gasteiger partial charge is 0.137 e. The molecular weight excluding hydrogens is 270 g/mol. The first kappa shape index (κ1) is 15.3. The summed E-state index contributed by atoms with van der Waals surface area (Å²) < 4.78 is 2.06. The lowest BCUT2D eigenvalue weighted by molar-refractivity contribution is 0.529. The fraction of sp³-hybridized carbons (Fsp3) is 0.562. The van der Waals surface area contributed by atoms with Crippen molar-refractivity contribution >= 4 is 17.2 Å². The summed E-state index contributed by atoms with van der Waals surface area (Å²) in [5, 5.41) is 0.708. The van der Waals surface area contributed by atoms with E-state index in [1.165, 1.54) is 0 Å². The molecule has 0 saturated heterocycles. The lowest BCUT2D eigenvalue weighted by Crippen LogP contribution is -2.21. The minimum atomic E-state index is -0.0301. The molecule has 0 aliphatic rings. The van der Waals surface area contributed by atoms with Gasteiger partial charge >= 0.3 is 0 Å². The van der Waals surface area contributed by atoms with Crippen LogP contribution in [0.4, 0.5) is 0 Å². The van der Waals surface area contributed by atoms with Crippen molar-refractivity contribution < 1.29 is 0 Å². The average molecular weight is 294 g/mol. The third kappa shape index (κ3) is 2.99. The maximum absolute atomic E-state index is 6.44. The third-order valence-corrected chi connectivity index (χ3v) is 3.77. The number of hydrogen-bond acceptors (Lipinski definition) is 2. The molecule has 0 saturated carbocycles. The van der Waals surface area contributed by atoms with Crippen LogP contribution in [0.3, 0.4) is 0 Å². The molecule has 0 aliphatic heterocycles. The van der Waals surface area contributed by atoms with Gasteiger partial charge in [-0.25, -0.2) is 4.98 Å². The number of hydrogen-bond donors (Lipinski definition) is 1. The van der Waals surface area contributed by atoms with Crippen molar-refractivity contribution in [1.82, 2.24) is 9.38 Å². The summed E-state index contributed by atoms with van der Waals surface area (Å²) in [6.07, 6.45) is 5.16. The molecular formula is C16H24ClN3. The molecule has 1 atom stereocenters. The molecule has 0 fully saturated rings. The molecule has 2 N–H and O–H groups in total. The van der Waals surface area contributed by atoms with Crippen LogP contribution in [0.5, 0.6) is 0 Å². The highest BCUT2D eigenvalue weighted by Gasteiger charge is 2.26. The highest BCUT2D eigenvalue weighted by Crippen LogP contribution is 2.31. The molecule has 0 amide bonds. The normalized spacial score (nSPS) is 13.9. The van der Waals surface area contributed by atoms with Gasteiger partial charge in [0.05, 0.1) is 16.4 Å². The fourth-order valence-electron chi connectivity index (χ4n) is 2.50. The third-order valence-electron chi connectivity index (χ3n) is 3.55. The Balaban J connectivity index is 2.60. The van der Waals surface area contributed by atoms with E-state index < -0.39 is 0 Å². The fourth-order valence-corrected chi connectivity index (χ4v) is 2.66. The zero-order valence-corrected chi connectivity index (χ0v) is 13.5. The Morgan fingerprint density at radius 2 is 2.05 bits per heavy atom. The summed E-state index contributed by atoms with van der Waals surface area (Å²) in [6, 6.07) is 3.82. The predicted octanol–water partition coefficient (Wildman–Crippen LogP) is 4.48. The van der Waals surface area contributed by atoms with Crippen LogP contribution in [0, 0.1) is 0 Å². The monoisotopic (exact) mass is 293 g/mol. The Hall–Kier alpha value is -1.06. The van der Waals surface area contributed by atoms with Crippen molar-refractivity contribution in [3.05, 3.63) is 34.7 Å². The first-order chi connectivity index (χ1) is 9.34. The Morgan fingerprint density at radius 3 is 2.65 bits per heavy atom. The number of nitrogens with two attached hydrogens (primary N) is 1. The molecule has 4 heteroatoms. The summed E-state index contributed by atoms with van der Waals surface area (Å²) in [7, 11) is 0. The summed E-state index contributed by atoms with van der Waals surface area (Å²) in [6.45, 7) is 8.70. The standard InChI is InChI=1S/C16H24ClN3/c1-5-6-7-12(18)14-15(16(2,3)4)19-13-9-8-11(17)10-20(13)14/h8-10,12H,5-7,18H2,1-4H3. The van der Waals surface area contributed by atoms with Crippen LogP contribution in [0.1, 0.15) is 64.4 Å². The van der Waals surface area contributed by atoms with Crippen LogP contribution in [0.2, 0.25) is 5.02 Å². The highest BCUT2D eigenvalue weighted by atomic mass is 35.5. The van der Waals surface area contributed by atoms with Crippen molar-refractivity contribution in [2.75, 3.05) is 0 Å². The van der Waals surface area contributed by atoms with E-state index >= 15 is 0 Å². The molecule has 0 aliphatic carbocycles. The van der Waals surface area contributed by atoms with Crippen LogP contribution in [-0.4, -0.2) is 9.38 Å². The first-order valence-corrected chi connectivity index (χ1v) is 7.66. The Labute approximate surface area is 126 Å². The molecule has 1 unspecified atom stereocenters. The maximum atomic E-state index is 6.44. The van der Waals surface area contributed by atoms with Crippen molar-refractivity contribution in [2.45, 2.75) is 58.4 Å². The van der Waals surface area contributed by atoms with Gasteiger partial charge in [0, 0.05) is 17.7 Å². The number of imidazole rings is 1. The maximum Gasteiger partial charge on any atom is 0.137 e. The number of nitrogens with zero attached hydrogens (tertiary/aromatic N) is 2. The number of unbranched alkanes of at least 4 members (excludes halogenated alkanes) is 1. The molecule has 2 aromatic heterocycles. The molecule has 3 nitrogen and oxygen atoms in total. The predicted molar refractivity (Wildman–Crippen MR) is 85.4 cm³/mol. The van der Waals surface area contributed by atoms with Gasteiger partial charge < -0.3 is 10.1 Å². The van der Waals surface area contributed by atoms with E-state index in [-0.39, 0.29) is 11.5 Å². The van der Waals surface area contributed by atoms with Gasteiger partial charge in [-0.3, -0.25) is 0 Å². The summed E-state index contributed by atoms with van der Waals surface area (Å²) >= 11 is 6.13. The van der Waals surface area contributed by atoms with Crippen molar-refractivity contribution in [3.63, 3.8) is 0 Å². The Kier molecular flexibility index (Phi) is 4.40. The van der Waals surface area contributed by atoms with E-state index in [1.54, 1.807) is 0 Å². The summed E-state index contributed by atoms with van der Waals surface area (Å²) in [5.41, 5.74) is 9.50. The van der Waals surface area contributed by atoms with Gasteiger partial charge in [0.15, 0.2) is 0 Å². The quantitative estimate of drug-likeness (QED) is 0.903. The van der Waals surface area contributed by atoms with Crippen LogP contribution in [-0.2, 0) is 5.41 Å². The molecule has 0 bridgehead atoms. The van der Waals surface area contributed by atoms with Crippen LogP contribution in [0.25, 0.3) is 5.65 Å². The second-order valence-electron chi connectivity index (χ2n) is 6.42. The van der Waals surface area contributed by atoms with Gasteiger partial charge in [-0.15, -0.1) is 0 Å².